The predicted octanol–water partition coefficient (Wildman–Crippen LogP) is 1.94. The smallest absolute Gasteiger partial charge is 0.259 e. The van der Waals surface area contributed by atoms with E-state index in [2.05, 4.69) is 29.3 Å². The van der Waals surface area contributed by atoms with Crippen LogP contribution in [0.4, 0.5) is 0 Å². The van der Waals surface area contributed by atoms with Crippen molar-refractivity contribution in [3.05, 3.63) is 11.7 Å². The van der Waals surface area contributed by atoms with E-state index in [4.69, 9.17) is 4.52 Å². The normalized spacial score (nSPS) is 38.9. The van der Waals surface area contributed by atoms with Crippen LogP contribution in [0.2, 0.25) is 0 Å². The molecule has 7 heteroatoms. The van der Waals surface area contributed by atoms with Crippen molar-refractivity contribution in [2.75, 3.05) is 18.8 Å². The maximum Gasteiger partial charge on any atom is 0.259 e. The first-order chi connectivity index (χ1) is 9.58. The predicted molar refractivity (Wildman–Crippen MR) is 82.0 cm³/mol. The first kappa shape index (κ1) is 14.7. The fourth-order valence-electron chi connectivity index (χ4n) is 2.55. The van der Waals surface area contributed by atoms with Crippen LogP contribution in [0, 0.1) is 0 Å². The molecule has 0 amide bonds. The van der Waals surface area contributed by atoms with Crippen molar-refractivity contribution in [1.82, 2.24) is 15.5 Å². The third-order valence-corrected chi connectivity index (χ3v) is 7.43. The number of piperidine rings is 1. The molecule has 5 nitrogen and oxygen atoms in total. The number of rotatable bonds is 2. The molecule has 0 saturated carbocycles. The molecule has 4 atom stereocenters. The monoisotopic (exact) mass is 315 g/mol. The van der Waals surface area contributed by atoms with Gasteiger partial charge in [-0.25, -0.2) is 0 Å². The van der Waals surface area contributed by atoms with E-state index in [1.54, 1.807) is 0 Å². The number of aliphatic hydroxyl groups is 1. The average Bonchev–Trinajstić information content (AvgIpc) is 2.93. The number of aromatic nitrogens is 2. The van der Waals surface area contributed by atoms with Gasteiger partial charge in [-0.05, 0) is 19.4 Å². The second-order valence-corrected chi connectivity index (χ2v) is 8.63. The topological polar surface area (TPSA) is 71.2 Å². The Labute approximate surface area is 127 Å². The molecule has 2 aliphatic rings. The van der Waals surface area contributed by atoms with Crippen LogP contribution in [-0.2, 0) is 5.60 Å². The number of hydrogen-bond donors (Lipinski definition) is 2. The average molecular weight is 315 g/mol. The highest BCUT2D eigenvalue weighted by Gasteiger charge is 2.38. The minimum atomic E-state index is -0.991. The van der Waals surface area contributed by atoms with Gasteiger partial charge in [0, 0.05) is 22.8 Å². The Kier molecular flexibility index (Phi) is 4.31. The van der Waals surface area contributed by atoms with Gasteiger partial charge < -0.3 is 14.9 Å². The van der Waals surface area contributed by atoms with Crippen LogP contribution < -0.4 is 5.32 Å². The van der Waals surface area contributed by atoms with Gasteiger partial charge in [-0.15, -0.1) is 11.8 Å². The molecular weight excluding hydrogens is 294 g/mol. The number of hydrogen-bond acceptors (Lipinski definition) is 7. The van der Waals surface area contributed by atoms with Gasteiger partial charge in [0.2, 0.25) is 0 Å². The van der Waals surface area contributed by atoms with Crippen LogP contribution in [-0.4, -0.2) is 44.6 Å². The van der Waals surface area contributed by atoms with E-state index in [1.165, 1.54) is 0 Å². The fraction of sp³-hybridized carbons (Fsp3) is 0.846. The molecule has 1 aromatic rings. The van der Waals surface area contributed by atoms with Gasteiger partial charge in [-0.1, -0.05) is 19.0 Å². The van der Waals surface area contributed by atoms with E-state index >= 15 is 0 Å². The van der Waals surface area contributed by atoms with Crippen LogP contribution in [0.3, 0.4) is 0 Å². The van der Waals surface area contributed by atoms with Crippen molar-refractivity contribution in [1.29, 1.82) is 0 Å². The summed E-state index contributed by atoms with van der Waals surface area (Å²) in [6, 6.07) is 0. The Balaban J connectivity index is 1.73. The van der Waals surface area contributed by atoms with Crippen LogP contribution in [0.15, 0.2) is 4.52 Å². The summed E-state index contributed by atoms with van der Waals surface area (Å²) in [5, 5.41) is 19.4. The van der Waals surface area contributed by atoms with Crippen molar-refractivity contribution in [3.8, 4) is 0 Å². The zero-order chi connectivity index (χ0) is 14.2. The number of thioether (sulfide) groups is 2. The molecule has 3 rings (SSSR count). The van der Waals surface area contributed by atoms with E-state index in [-0.39, 0.29) is 5.25 Å². The molecule has 112 valence electrons. The molecule has 3 heterocycles. The first-order valence-electron chi connectivity index (χ1n) is 7.13. The lowest BCUT2D eigenvalue weighted by Crippen LogP contribution is -2.43. The molecule has 4 unspecified atom stereocenters. The summed E-state index contributed by atoms with van der Waals surface area (Å²) >= 11 is 3.86. The molecule has 20 heavy (non-hydrogen) atoms. The summed E-state index contributed by atoms with van der Waals surface area (Å²) in [4.78, 5) is 4.49. The van der Waals surface area contributed by atoms with Crippen molar-refractivity contribution < 1.29 is 9.63 Å². The SMILES string of the molecule is CC1SCC(c2noc(C3(O)CCCNC3)n2)SC1C. The zero-order valence-electron chi connectivity index (χ0n) is 11.8. The second-order valence-electron chi connectivity index (χ2n) is 5.64. The van der Waals surface area contributed by atoms with Crippen molar-refractivity contribution in [3.63, 3.8) is 0 Å². The van der Waals surface area contributed by atoms with E-state index in [1.807, 2.05) is 23.5 Å². The lowest BCUT2D eigenvalue weighted by Gasteiger charge is -2.30. The Morgan fingerprint density at radius 3 is 2.95 bits per heavy atom. The summed E-state index contributed by atoms with van der Waals surface area (Å²) in [7, 11) is 0. The van der Waals surface area contributed by atoms with Gasteiger partial charge >= 0.3 is 0 Å². The molecule has 0 aromatic carbocycles. The van der Waals surface area contributed by atoms with E-state index in [0.717, 1.165) is 24.5 Å². The molecule has 0 radical (unpaired) electrons. The Morgan fingerprint density at radius 1 is 1.40 bits per heavy atom. The van der Waals surface area contributed by atoms with Gasteiger partial charge in [0.1, 0.15) is 0 Å². The van der Waals surface area contributed by atoms with Gasteiger partial charge in [0.05, 0.1) is 5.25 Å². The molecule has 1 aromatic heterocycles. The molecule has 2 aliphatic heterocycles. The number of β-amino-alcohol motifs (C(OH)–C–C–N with tert-alkyl or cyclic N) is 1. The minimum absolute atomic E-state index is 0.267. The van der Waals surface area contributed by atoms with Crippen LogP contribution in [0.1, 0.15) is 43.7 Å². The second kappa shape index (κ2) is 5.87. The highest BCUT2D eigenvalue weighted by atomic mass is 32.2. The molecule has 0 aliphatic carbocycles. The molecule has 2 N–H and O–H groups in total. The lowest BCUT2D eigenvalue weighted by molar-refractivity contribution is -0.0167. The van der Waals surface area contributed by atoms with Gasteiger partial charge in [0.15, 0.2) is 11.4 Å². The summed E-state index contributed by atoms with van der Waals surface area (Å²) in [5.41, 5.74) is -0.991. The summed E-state index contributed by atoms with van der Waals surface area (Å²) in [5.74, 6) is 2.11. The van der Waals surface area contributed by atoms with E-state index < -0.39 is 5.60 Å². The molecule has 2 fully saturated rings. The zero-order valence-corrected chi connectivity index (χ0v) is 13.5. The van der Waals surface area contributed by atoms with Crippen LogP contribution in [0.25, 0.3) is 0 Å². The lowest BCUT2D eigenvalue weighted by atomic mass is 9.94. The van der Waals surface area contributed by atoms with Crippen molar-refractivity contribution in [2.45, 2.75) is 48.0 Å². The standard InChI is InChI=1S/C13H21N3O2S2/c1-8-9(2)20-10(6-19-8)11-15-12(18-16-11)13(17)4-3-5-14-7-13/h8-10,14,17H,3-7H2,1-2H3. The third kappa shape index (κ3) is 2.86. The van der Waals surface area contributed by atoms with Gasteiger partial charge in [-0.2, -0.15) is 16.7 Å². The van der Waals surface area contributed by atoms with Crippen LogP contribution in [0.5, 0.6) is 0 Å². The minimum Gasteiger partial charge on any atom is -0.379 e. The third-order valence-electron chi connectivity index (χ3n) is 4.04. The highest BCUT2D eigenvalue weighted by Crippen LogP contribution is 2.43. The highest BCUT2D eigenvalue weighted by molar-refractivity contribution is 8.07. The van der Waals surface area contributed by atoms with E-state index in [0.29, 0.717) is 29.4 Å². The summed E-state index contributed by atoms with van der Waals surface area (Å²) < 4.78 is 5.35. The largest absolute Gasteiger partial charge is 0.379 e. The Hall–Kier alpha value is -0.240. The molecule has 2 saturated heterocycles. The van der Waals surface area contributed by atoms with Crippen LogP contribution >= 0.6 is 23.5 Å². The molecular formula is C13H21N3O2S2. The quantitative estimate of drug-likeness (QED) is 0.864. The summed E-state index contributed by atoms with van der Waals surface area (Å²) in [6.07, 6.45) is 1.61. The maximum absolute atomic E-state index is 10.6. The Bertz CT molecular complexity index is 462. The number of nitrogens with zero attached hydrogens (tertiary/aromatic N) is 2. The fourth-order valence-corrected chi connectivity index (χ4v) is 5.38. The van der Waals surface area contributed by atoms with E-state index in [9.17, 15) is 5.11 Å². The van der Waals surface area contributed by atoms with Crippen molar-refractivity contribution in [2.24, 2.45) is 0 Å². The molecule has 0 bridgehead atoms. The van der Waals surface area contributed by atoms with Crippen molar-refractivity contribution >= 4 is 23.5 Å². The molecule has 0 spiro atoms. The van der Waals surface area contributed by atoms with Gasteiger partial charge in [-0.3, -0.25) is 0 Å². The number of nitrogens with one attached hydrogen (secondary N) is 1. The Morgan fingerprint density at radius 2 is 2.25 bits per heavy atom. The maximum atomic E-state index is 10.6. The summed E-state index contributed by atoms with van der Waals surface area (Å²) in [6.45, 7) is 5.94. The first-order valence-corrected chi connectivity index (χ1v) is 9.12. The van der Waals surface area contributed by atoms with Gasteiger partial charge in [0.25, 0.3) is 5.89 Å².